The Morgan fingerprint density at radius 2 is 1.73 bits per heavy atom. The molecule has 2 heterocycles. The molecule has 4 N–H and O–H groups in total. The summed E-state index contributed by atoms with van der Waals surface area (Å²) in [7, 11) is -2.27. The summed E-state index contributed by atoms with van der Waals surface area (Å²) in [6, 6.07) is 18.8. The van der Waals surface area contributed by atoms with Crippen molar-refractivity contribution in [1.29, 1.82) is 0 Å². The second kappa shape index (κ2) is 18.5. The van der Waals surface area contributed by atoms with Crippen LogP contribution in [0.3, 0.4) is 0 Å². The smallest absolute Gasteiger partial charge is 0.408 e. The number of benzene rings is 3. The molecule has 1 saturated heterocycles. The van der Waals surface area contributed by atoms with Crippen molar-refractivity contribution in [3.05, 3.63) is 91.5 Å². The van der Waals surface area contributed by atoms with Crippen LogP contribution < -0.4 is 25.8 Å². The summed E-state index contributed by atoms with van der Waals surface area (Å²) >= 11 is 5.75. The Morgan fingerprint density at radius 1 is 1.05 bits per heavy atom. The van der Waals surface area contributed by atoms with E-state index < -0.39 is 79.0 Å². The number of nitrogens with zero attached hydrogens (tertiary/aromatic N) is 3. The van der Waals surface area contributed by atoms with E-state index in [4.69, 9.17) is 36.5 Å². The highest BCUT2D eigenvalue weighted by molar-refractivity contribution is 7.90. The van der Waals surface area contributed by atoms with E-state index in [1.54, 1.807) is 52.1 Å². The number of Topliss-reactive ketones (excluding diaryl/α,β-unsaturated/α-hetero) is 1. The maximum absolute atomic E-state index is 15.1. The SMILES string of the molecule is C=C[C@@]1(N)C[C@@]1(C(=O)C1CCCN1)C(=O)N(C(=O)C(CCN(C)C(=O)CCl)NC(=O)OC(C)(C)C)S(=O)(=O)c1ccc(Oc2cc(-c3ccccc3)nc3cc(OC)ccc23)cc1. The topological polar surface area (TPSA) is 217 Å². The van der Waals surface area contributed by atoms with Crippen LogP contribution in [0.4, 0.5) is 4.79 Å². The monoisotopic (exact) mass is 902 g/mol. The number of nitrogens with two attached hydrogens (primary N) is 1. The molecule has 2 unspecified atom stereocenters. The number of carbonyl (C=O) groups is 5. The molecule has 1 aromatic heterocycles. The molecule has 18 heteroatoms. The van der Waals surface area contributed by atoms with Gasteiger partial charge in [0.1, 0.15) is 40.2 Å². The minimum atomic E-state index is -5.21. The summed E-state index contributed by atoms with van der Waals surface area (Å²) in [6.45, 7) is 8.73. The number of amides is 4. The zero-order valence-corrected chi connectivity index (χ0v) is 37.3. The number of nitrogens with one attached hydrogen (secondary N) is 2. The van der Waals surface area contributed by atoms with Crippen LogP contribution in [0.1, 0.15) is 46.5 Å². The fourth-order valence-electron chi connectivity index (χ4n) is 7.50. The van der Waals surface area contributed by atoms with Crippen LogP contribution in [0, 0.1) is 5.41 Å². The van der Waals surface area contributed by atoms with Gasteiger partial charge in [0.25, 0.3) is 21.8 Å². The van der Waals surface area contributed by atoms with Crippen molar-refractivity contribution in [2.45, 2.75) is 74.6 Å². The van der Waals surface area contributed by atoms with Gasteiger partial charge in [-0.2, -0.15) is 4.31 Å². The molecule has 2 aliphatic rings. The molecule has 63 heavy (non-hydrogen) atoms. The van der Waals surface area contributed by atoms with Gasteiger partial charge in [-0.05, 0) is 89.4 Å². The highest BCUT2D eigenvalue weighted by Crippen LogP contribution is 2.58. The maximum Gasteiger partial charge on any atom is 0.408 e. The van der Waals surface area contributed by atoms with Crippen LogP contribution in [-0.2, 0) is 33.9 Å². The lowest BCUT2D eigenvalue weighted by atomic mass is 9.88. The second-order valence-corrected chi connectivity index (χ2v) is 18.6. The van der Waals surface area contributed by atoms with E-state index >= 15 is 4.79 Å². The van der Waals surface area contributed by atoms with Crippen molar-refractivity contribution in [3.63, 3.8) is 0 Å². The Balaban J connectivity index is 1.42. The molecule has 6 rings (SSSR count). The standard InChI is InChI=1S/C45H51ClN6O10S/c1-7-44(47)27-45(44,39(54)33-14-11-22-48-33)41(56)52(40(55)34(21-23-51(5)38(53)26-46)50-42(57)62-43(2,3)4)63(58,59)31-18-15-29(16-19-31)61-37-25-35(28-12-9-8-10-13-28)49-36-24-30(60-6)17-20-32(36)37/h7-10,12-13,15-20,24-25,33-34,48H,1,11,14,21-23,26-27,47H2,2-6H3,(H,50,57)/t33?,34?,44-,45-/m1/s1. The fraction of sp³-hybridized carbons (Fsp3) is 0.378. The summed E-state index contributed by atoms with van der Waals surface area (Å²) in [5, 5.41) is 6.06. The lowest BCUT2D eigenvalue weighted by Gasteiger charge is -2.31. The average Bonchev–Trinajstić information content (AvgIpc) is 3.55. The van der Waals surface area contributed by atoms with Crippen LogP contribution in [0.15, 0.2) is 96.4 Å². The van der Waals surface area contributed by atoms with E-state index in [9.17, 15) is 27.6 Å². The summed E-state index contributed by atoms with van der Waals surface area (Å²) in [5.41, 5.74) is 3.59. The van der Waals surface area contributed by atoms with Crippen molar-refractivity contribution < 1.29 is 46.6 Å². The van der Waals surface area contributed by atoms with E-state index in [1.807, 2.05) is 30.3 Å². The minimum absolute atomic E-state index is 0.00906. The molecule has 0 spiro atoms. The lowest BCUT2D eigenvalue weighted by Crippen LogP contribution is -2.59. The summed E-state index contributed by atoms with van der Waals surface area (Å²) < 4.78 is 47.1. The number of fused-ring (bicyclic) bond motifs is 1. The normalized spacial score (nSPS) is 20.0. The third kappa shape index (κ3) is 9.71. The van der Waals surface area contributed by atoms with Crippen LogP contribution in [0.2, 0.25) is 0 Å². The Kier molecular flexibility index (Phi) is 13.7. The zero-order chi connectivity index (χ0) is 45.9. The number of rotatable bonds is 16. The van der Waals surface area contributed by atoms with Gasteiger partial charge in [-0.3, -0.25) is 19.2 Å². The number of aromatic nitrogens is 1. The fourth-order valence-corrected chi connectivity index (χ4v) is 9.13. The van der Waals surface area contributed by atoms with Gasteiger partial charge >= 0.3 is 6.09 Å². The molecule has 4 amide bonds. The number of imide groups is 1. The number of pyridine rings is 1. The van der Waals surface area contributed by atoms with Crippen molar-refractivity contribution >= 4 is 62.1 Å². The molecule has 1 aliphatic carbocycles. The number of methoxy groups -OCH3 is 1. The first-order valence-electron chi connectivity index (χ1n) is 20.2. The predicted octanol–water partition coefficient (Wildman–Crippen LogP) is 5.32. The largest absolute Gasteiger partial charge is 0.497 e. The average molecular weight is 903 g/mol. The Labute approximate surface area is 371 Å². The first-order chi connectivity index (χ1) is 29.8. The second-order valence-electron chi connectivity index (χ2n) is 16.5. The molecule has 0 bridgehead atoms. The number of ketones is 1. The quantitative estimate of drug-likeness (QED) is 0.0738. The first kappa shape index (κ1) is 46.6. The maximum atomic E-state index is 15.1. The molecule has 4 atom stereocenters. The van der Waals surface area contributed by atoms with Gasteiger partial charge in [-0.15, -0.1) is 18.2 Å². The highest BCUT2D eigenvalue weighted by atomic mass is 35.5. The molecule has 1 aliphatic heterocycles. The van der Waals surface area contributed by atoms with Crippen LogP contribution >= 0.6 is 11.6 Å². The molecule has 4 aromatic rings. The molecular formula is C45H51ClN6O10S. The Hall–Kier alpha value is -5.88. The molecule has 1 saturated carbocycles. The summed E-state index contributed by atoms with van der Waals surface area (Å²) in [6.07, 6.45) is 0.321. The van der Waals surface area contributed by atoms with Gasteiger partial charge in [0.15, 0.2) is 5.78 Å². The number of hydrogen-bond acceptors (Lipinski definition) is 13. The predicted molar refractivity (Wildman–Crippen MR) is 236 cm³/mol. The van der Waals surface area contributed by atoms with Gasteiger partial charge in [0.2, 0.25) is 5.91 Å². The Bertz CT molecular complexity index is 2530. The number of sulfonamides is 1. The molecule has 3 aromatic carbocycles. The molecule has 2 fully saturated rings. The number of alkyl carbamates (subject to hydrolysis) is 1. The van der Waals surface area contributed by atoms with Crippen molar-refractivity contribution in [3.8, 4) is 28.5 Å². The van der Waals surface area contributed by atoms with E-state index in [1.165, 1.54) is 30.2 Å². The summed E-state index contributed by atoms with van der Waals surface area (Å²) in [4.78, 5) is 75.3. The van der Waals surface area contributed by atoms with Crippen molar-refractivity contribution in [2.24, 2.45) is 11.1 Å². The Morgan fingerprint density at radius 3 is 2.32 bits per heavy atom. The van der Waals surface area contributed by atoms with Gasteiger partial charge in [0.05, 0.1) is 34.8 Å². The first-order valence-corrected chi connectivity index (χ1v) is 22.2. The number of carbonyl (C=O) groups excluding carboxylic acids is 5. The number of hydrogen-bond donors (Lipinski definition) is 3. The zero-order valence-electron chi connectivity index (χ0n) is 35.7. The van der Waals surface area contributed by atoms with Gasteiger partial charge in [-0.25, -0.2) is 18.2 Å². The minimum Gasteiger partial charge on any atom is -0.497 e. The number of ether oxygens (including phenoxy) is 3. The van der Waals surface area contributed by atoms with E-state index in [-0.39, 0.29) is 29.4 Å². The molecule has 0 radical (unpaired) electrons. The van der Waals surface area contributed by atoms with Crippen molar-refractivity contribution in [1.82, 2.24) is 24.8 Å². The van der Waals surface area contributed by atoms with E-state index in [0.717, 1.165) is 17.7 Å². The van der Waals surface area contributed by atoms with Crippen LogP contribution in [0.5, 0.6) is 17.2 Å². The molecule has 16 nitrogen and oxygen atoms in total. The van der Waals surface area contributed by atoms with Gasteiger partial charge in [-0.1, -0.05) is 36.4 Å². The van der Waals surface area contributed by atoms with Crippen molar-refractivity contribution in [2.75, 3.05) is 33.1 Å². The molecule has 334 valence electrons. The van der Waals surface area contributed by atoms with E-state index in [2.05, 4.69) is 17.2 Å². The van der Waals surface area contributed by atoms with Gasteiger partial charge < -0.3 is 35.5 Å². The van der Waals surface area contributed by atoms with Crippen LogP contribution in [-0.4, -0.2) is 109 Å². The number of halogens is 1. The van der Waals surface area contributed by atoms with Gasteiger partial charge in [0, 0.05) is 36.7 Å². The highest BCUT2D eigenvalue weighted by Gasteiger charge is 2.76. The number of alkyl halides is 1. The van der Waals surface area contributed by atoms with E-state index in [0.29, 0.717) is 47.5 Å². The molecular weight excluding hydrogens is 852 g/mol. The third-order valence-corrected chi connectivity index (χ3v) is 13.0. The lowest BCUT2D eigenvalue weighted by molar-refractivity contribution is -0.147. The third-order valence-electron chi connectivity index (χ3n) is 11.1. The summed E-state index contributed by atoms with van der Waals surface area (Å²) in [5.74, 6) is -3.30. The van der Waals surface area contributed by atoms with Crippen LogP contribution in [0.25, 0.3) is 22.2 Å².